The van der Waals surface area contributed by atoms with Gasteiger partial charge in [0.2, 0.25) is 5.91 Å². The molecule has 0 radical (unpaired) electrons. The van der Waals surface area contributed by atoms with Crippen molar-refractivity contribution >= 4 is 17.2 Å². The van der Waals surface area contributed by atoms with Crippen LogP contribution in [-0.2, 0) is 17.8 Å². The molecule has 1 saturated heterocycles. The number of fused-ring (bicyclic) bond motifs is 1. The molecule has 1 aliphatic rings. The minimum atomic E-state index is 0.160. The number of nitrogens with zero attached hydrogens (tertiary/aromatic N) is 6. The summed E-state index contributed by atoms with van der Waals surface area (Å²) in [5.41, 5.74) is 3.18. The van der Waals surface area contributed by atoms with E-state index in [1.54, 1.807) is 6.20 Å². The molecule has 0 spiro atoms. The molecule has 28 heavy (non-hydrogen) atoms. The molecular weight excluding hydrogens is 352 g/mol. The van der Waals surface area contributed by atoms with Gasteiger partial charge in [0.05, 0.1) is 18.1 Å². The Labute approximate surface area is 165 Å². The Kier molecular flexibility index (Phi) is 5.25. The number of carbonyl (C=O) groups excluding carboxylic acids is 1. The summed E-state index contributed by atoms with van der Waals surface area (Å²) in [4.78, 5) is 23.7. The number of anilines is 1. The van der Waals surface area contributed by atoms with Gasteiger partial charge in [-0.25, -0.2) is 9.50 Å². The molecule has 0 aromatic carbocycles. The van der Waals surface area contributed by atoms with Gasteiger partial charge in [-0.3, -0.25) is 4.79 Å². The fourth-order valence-corrected chi connectivity index (χ4v) is 3.65. The number of rotatable bonds is 5. The van der Waals surface area contributed by atoms with E-state index in [2.05, 4.69) is 46.1 Å². The topological polar surface area (TPSA) is 57.0 Å². The minimum absolute atomic E-state index is 0.160. The first-order valence-corrected chi connectivity index (χ1v) is 9.64. The largest absolute Gasteiger partial charge is 0.353 e. The molecule has 1 amide bonds. The normalized spacial score (nSPS) is 14.8. The van der Waals surface area contributed by atoms with Crippen LogP contribution in [0.3, 0.4) is 0 Å². The van der Waals surface area contributed by atoms with Crippen molar-refractivity contribution < 1.29 is 4.79 Å². The average molecular weight is 378 g/mol. The maximum atomic E-state index is 12.7. The van der Waals surface area contributed by atoms with Crippen LogP contribution in [-0.4, -0.2) is 70.6 Å². The number of piperazine rings is 1. The van der Waals surface area contributed by atoms with Crippen molar-refractivity contribution in [2.45, 2.75) is 13.0 Å². The van der Waals surface area contributed by atoms with Crippen LogP contribution in [0.25, 0.3) is 5.52 Å². The average Bonchev–Trinajstić information content (AvgIpc) is 3.11. The predicted octanol–water partition coefficient (Wildman–Crippen LogP) is 1.68. The third-order valence-electron chi connectivity index (χ3n) is 5.11. The highest BCUT2D eigenvalue weighted by atomic mass is 16.2. The summed E-state index contributed by atoms with van der Waals surface area (Å²) >= 11 is 0. The van der Waals surface area contributed by atoms with Crippen molar-refractivity contribution in [3.05, 3.63) is 60.0 Å². The number of amides is 1. The van der Waals surface area contributed by atoms with Gasteiger partial charge in [0.15, 0.2) is 0 Å². The highest BCUT2D eigenvalue weighted by Gasteiger charge is 2.22. The fourth-order valence-electron chi connectivity index (χ4n) is 3.65. The summed E-state index contributed by atoms with van der Waals surface area (Å²) in [6.07, 6.45) is 6.03. The monoisotopic (exact) mass is 378 g/mol. The number of pyridine rings is 2. The Balaban J connectivity index is 1.34. The summed E-state index contributed by atoms with van der Waals surface area (Å²) in [6.45, 7) is 3.94. The number of aromatic nitrogens is 3. The van der Waals surface area contributed by atoms with E-state index in [9.17, 15) is 4.79 Å². The molecule has 1 aliphatic heterocycles. The van der Waals surface area contributed by atoms with Crippen LogP contribution in [0.2, 0.25) is 0 Å². The Morgan fingerprint density at radius 3 is 2.61 bits per heavy atom. The van der Waals surface area contributed by atoms with Gasteiger partial charge in [0.25, 0.3) is 0 Å². The maximum absolute atomic E-state index is 12.7. The molecule has 0 N–H and O–H groups in total. The Morgan fingerprint density at radius 1 is 1.07 bits per heavy atom. The SMILES string of the molecule is CN(C)Cc1ccc(N2CCN(C(=O)Cc3cnn4ccccc34)CC2)nc1. The zero-order chi connectivity index (χ0) is 19.5. The molecule has 0 atom stereocenters. The lowest BCUT2D eigenvalue weighted by Crippen LogP contribution is -2.49. The molecule has 0 aliphatic carbocycles. The molecule has 7 heteroatoms. The van der Waals surface area contributed by atoms with Crippen LogP contribution >= 0.6 is 0 Å². The molecular formula is C21H26N6O. The second-order valence-corrected chi connectivity index (χ2v) is 7.51. The van der Waals surface area contributed by atoms with E-state index in [-0.39, 0.29) is 5.91 Å². The third-order valence-corrected chi connectivity index (χ3v) is 5.11. The third kappa shape index (κ3) is 3.99. The number of hydrogen-bond acceptors (Lipinski definition) is 5. The van der Waals surface area contributed by atoms with E-state index in [4.69, 9.17) is 0 Å². The summed E-state index contributed by atoms with van der Waals surface area (Å²) in [6, 6.07) is 10.1. The van der Waals surface area contributed by atoms with Crippen molar-refractivity contribution in [3.8, 4) is 0 Å². The van der Waals surface area contributed by atoms with Crippen molar-refractivity contribution in [3.63, 3.8) is 0 Å². The molecule has 3 aromatic rings. The quantitative estimate of drug-likeness (QED) is 0.676. The molecule has 4 heterocycles. The van der Waals surface area contributed by atoms with Crippen molar-refractivity contribution in [1.82, 2.24) is 24.4 Å². The van der Waals surface area contributed by atoms with Gasteiger partial charge >= 0.3 is 0 Å². The Hall–Kier alpha value is -2.93. The van der Waals surface area contributed by atoms with Gasteiger partial charge in [-0.2, -0.15) is 5.10 Å². The van der Waals surface area contributed by atoms with Gasteiger partial charge in [0, 0.05) is 50.7 Å². The molecule has 3 aromatic heterocycles. The van der Waals surface area contributed by atoms with Crippen LogP contribution in [0.15, 0.2) is 48.9 Å². The Morgan fingerprint density at radius 2 is 1.89 bits per heavy atom. The molecule has 0 unspecified atom stereocenters. The molecule has 0 saturated carbocycles. The van der Waals surface area contributed by atoms with E-state index in [0.29, 0.717) is 6.42 Å². The minimum Gasteiger partial charge on any atom is -0.353 e. The zero-order valence-corrected chi connectivity index (χ0v) is 16.5. The number of carbonyl (C=O) groups is 1. The van der Waals surface area contributed by atoms with Gasteiger partial charge in [0.1, 0.15) is 5.82 Å². The summed E-state index contributed by atoms with van der Waals surface area (Å²) < 4.78 is 1.81. The lowest BCUT2D eigenvalue weighted by molar-refractivity contribution is -0.130. The van der Waals surface area contributed by atoms with Crippen LogP contribution in [0.4, 0.5) is 5.82 Å². The summed E-state index contributed by atoms with van der Waals surface area (Å²) in [5, 5.41) is 4.32. The second kappa shape index (κ2) is 7.98. The molecule has 146 valence electrons. The zero-order valence-electron chi connectivity index (χ0n) is 16.5. The van der Waals surface area contributed by atoms with Gasteiger partial charge < -0.3 is 14.7 Å². The van der Waals surface area contributed by atoms with Gasteiger partial charge in [-0.1, -0.05) is 12.1 Å². The number of hydrogen-bond donors (Lipinski definition) is 0. The van der Waals surface area contributed by atoms with Crippen molar-refractivity contribution in [2.24, 2.45) is 0 Å². The molecule has 4 rings (SSSR count). The first-order valence-electron chi connectivity index (χ1n) is 9.64. The van der Waals surface area contributed by atoms with Crippen LogP contribution in [0.5, 0.6) is 0 Å². The Bertz CT molecular complexity index is 941. The van der Waals surface area contributed by atoms with Gasteiger partial charge in [-0.05, 0) is 37.9 Å². The van der Waals surface area contributed by atoms with E-state index in [1.807, 2.05) is 40.0 Å². The van der Waals surface area contributed by atoms with Crippen molar-refractivity contribution in [1.29, 1.82) is 0 Å². The lowest BCUT2D eigenvalue weighted by atomic mass is 10.1. The van der Waals surface area contributed by atoms with E-state index in [1.165, 1.54) is 5.56 Å². The van der Waals surface area contributed by atoms with E-state index < -0.39 is 0 Å². The highest BCUT2D eigenvalue weighted by molar-refractivity contribution is 5.81. The van der Waals surface area contributed by atoms with Crippen molar-refractivity contribution in [2.75, 3.05) is 45.2 Å². The lowest BCUT2D eigenvalue weighted by Gasteiger charge is -2.35. The predicted molar refractivity (Wildman–Crippen MR) is 109 cm³/mol. The molecule has 1 fully saturated rings. The summed E-state index contributed by atoms with van der Waals surface area (Å²) in [5.74, 6) is 1.14. The maximum Gasteiger partial charge on any atom is 0.227 e. The van der Waals surface area contributed by atoms with Crippen LogP contribution < -0.4 is 4.90 Å². The van der Waals surface area contributed by atoms with Crippen LogP contribution in [0.1, 0.15) is 11.1 Å². The summed E-state index contributed by atoms with van der Waals surface area (Å²) in [7, 11) is 4.11. The van der Waals surface area contributed by atoms with E-state index in [0.717, 1.165) is 49.6 Å². The van der Waals surface area contributed by atoms with E-state index >= 15 is 0 Å². The first kappa shape index (κ1) is 18.4. The first-order chi connectivity index (χ1) is 13.6. The molecule has 0 bridgehead atoms. The molecule has 7 nitrogen and oxygen atoms in total. The second-order valence-electron chi connectivity index (χ2n) is 7.51. The standard InChI is InChI=1S/C21H26N6O/c1-24(2)16-17-6-7-20(22-14-17)25-9-11-26(12-10-25)21(28)13-18-15-23-27-8-4-3-5-19(18)27/h3-8,14-15H,9-13,16H2,1-2H3. The fraction of sp³-hybridized carbons (Fsp3) is 0.381. The smallest absolute Gasteiger partial charge is 0.227 e. The van der Waals surface area contributed by atoms with Crippen LogP contribution in [0, 0.1) is 0 Å². The van der Waals surface area contributed by atoms with Gasteiger partial charge in [-0.15, -0.1) is 0 Å². The highest BCUT2D eigenvalue weighted by Crippen LogP contribution is 2.16.